The predicted octanol–water partition coefficient (Wildman–Crippen LogP) is 2.02. The van der Waals surface area contributed by atoms with E-state index in [0.29, 0.717) is 17.4 Å². The minimum absolute atomic E-state index is 0.0679. The van der Waals surface area contributed by atoms with Crippen molar-refractivity contribution in [3.63, 3.8) is 0 Å². The molecule has 92 valence electrons. The maximum Gasteiger partial charge on any atom is 0.306 e. The predicted molar refractivity (Wildman–Crippen MR) is 63.7 cm³/mol. The van der Waals surface area contributed by atoms with Gasteiger partial charge < -0.3 is 10.1 Å². The smallest absolute Gasteiger partial charge is 0.306 e. The molecular formula is C11H13ClN2O3. The number of halogens is 1. The number of pyridine rings is 1. The summed E-state index contributed by atoms with van der Waals surface area (Å²) in [6.07, 6.45) is 1.64. The van der Waals surface area contributed by atoms with Gasteiger partial charge >= 0.3 is 5.97 Å². The Kier molecular flexibility index (Phi) is 5.42. The monoisotopic (exact) mass is 256 g/mol. The molecule has 5 nitrogen and oxygen atoms in total. The number of nitrogens with zero attached hydrogens (tertiary/aromatic N) is 1. The number of hydrogen-bond donors (Lipinski definition) is 1. The maximum atomic E-state index is 11.5. The summed E-state index contributed by atoms with van der Waals surface area (Å²) in [6, 6.07) is 3.15. The van der Waals surface area contributed by atoms with Crippen molar-refractivity contribution in [3.05, 3.63) is 23.5 Å². The van der Waals surface area contributed by atoms with Crippen LogP contribution in [-0.4, -0.2) is 23.5 Å². The average molecular weight is 257 g/mol. The Morgan fingerprint density at radius 2 is 2.24 bits per heavy atom. The molecule has 0 bridgehead atoms. The van der Waals surface area contributed by atoms with E-state index in [-0.39, 0.29) is 24.7 Å². The highest BCUT2D eigenvalue weighted by Crippen LogP contribution is 2.12. The normalized spacial score (nSPS) is 9.76. The molecular weight excluding hydrogens is 244 g/mol. The molecule has 0 aromatic carbocycles. The molecule has 0 spiro atoms. The van der Waals surface area contributed by atoms with E-state index in [1.807, 2.05) is 0 Å². The number of carbonyl (C=O) groups excluding carboxylic acids is 2. The Hall–Kier alpha value is -1.62. The molecule has 17 heavy (non-hydrogen) atoms. The lowest BCUT2D eigenvalue weighted by Gasteiger charge is -2.05. The quantitative estimate of drug-likeness (QED) is 0.646. The van der Waals surface area contributed by atoms with Crippen LogP contribution in [0.2, 0.25) is 5.15 Å². The van der Waals surface area contributed by atoms with Crippen LogP contribution in [0.4, 0.5) is 5.69 Å². The zero-order valence-corrected chi connectivity index (χ0v) is 10.2. The molecule has 1 heterocycles. The summed E-state index contributed by atoms with van der Waals surface area (Å²) in [5, 5.41) is 2.91. The first-order valence-electron chi connectivity index (χ1n) is 5.19. The lowest BCUT2D eigenvalue weighted by molar-refractivity contribution is -0.144. The molecule has 0 aliphatic heterocycles. The van der Waals surface area contributed by atoms with E-state index in [1.165, 1.54) is 12.3 Å². The van der Waals surface area contributed by atoms with Gasteiger partial charge in [-0.2, -0.15) is 0 Å². The van der Waals surface area contributed by atoms with Gasteiger partial charge in [0.1, 0.15) is 5.15 Å². The van der Waals surface area contributed by atoms with E-state index in [2.05, 4.69) is 10.3 Å². The van der Waals surface area contributed by atoms with Crippen LogP contribution in [0.1, 0.15) is 19.8 Å². The number of amides is 1. The second-order valence-corrected chi connectivity index (χ2v) is 3.61. The summed E-state index contributed by atoms with van der Waals surface area (Å²) in [5.74, 6) is -0.643. The van der Waals surface area contributed by atoms with Crippen LogP contribution in [0.5, 0.6) is 0 Å². The van der Waals surface area contributed by atoms with Crippen LogP contribution in [0.15, 0.2) is 18.3 Å². The Morgan fingerprint density at radius 1 is 1.47 bits per heavy atom. The van der Waals surface area contributed by atoms with Gasteiger partial charge in [0.15, 0.2) is 0 Å². The van der Waals surface area contributed by atoms with Crippen molar-refractivity contribution in [1.29, 1.82) is 0 Å². The van der Waals surface area contributed by atoms with Crippen LogP contribution in [0.3, 0.4) is 0 Å². The van der Waals surface area contributed by atoms with Gasteiger partial charge in [0.2, 0.25) is 5.91 Å². The first kappa shape index (κ1) is 13.4. The van der Waals surface area contributed by atoms with Gasteiger partial charge in [0, 0.05) is 18.3 Å². The minimum atomic E-state index is -0.379. The number of carbonyl (C=O) groups is 2. The van der Waals surface area contributed by atoms with Crippen molar-refractivity contribution < 1.29 is 14.3 Å². The molecule has 1 aromatic rings. The standard InChI is InChI=1S/C11H13ClN2O3/c1-2-17-11(16)4-3-10(15)14-8-5-6-13-9(12)7-8/h5-7H,2-4H2,1H3,(H,13,14,15). The Bertz CT molecular complexity index is 409. The number of aromatic nitrogens is 1. The molecule has 1 rings (SSSR count). The molecule has 1 N–H and O–H groups in total. The fourth-order valence-electron chi connectivity index (χ4n) is 1.15. The van der Waals surface area contributed by atoms with Gasteiger partial charge in [-0.15, -0.1) is 0 Å². The van der Waals surface area contributed by atoms with Crippen LogP contribution >= 0.6 is 11.6 Å². The van der Waals surface area contributed by atoms with E-state index in [9.17, 15) is 9.59 Å². The van der Waals surface area contributed by atoms with Gasteiger partial charge in [0.25, 0.3) is 0 Å². The van der Waals surface area contributed by atoms with Crippen LogP contribution in [0.25, 0.3) is 0 Å². The fraction of sp³-hybridized carbons (Fsp3) is 0.364. The summed E-state index contributed by atoms with van der Waals surface area (Å²) in [7, 11) is 0. The third kappa shape index (κ3) is 5.31. The zero-order valence-electron chi connectivity index (χ0n) is 9.40. The Balaban J connectivity index is 2.37. The van der Waals surface area contributed by atoms with E-state index in [1.54, 1.807) is 13.0 Å². The third-order valence-electron chi connectivity index (χ3n) is 1.87. The second kappa shape index (κ2) is 6.85. The zero-order chi connectivity index (χ0) is 12.7. The van der Waals surface area contributed by atoms with Crippen molar-refractivity contribution in [2.24, 2.45) is 0 Å². The van der Waals surface area contributed by atoms with Gasteiger partial charge in [-0.3, -0.25) is 9.59 Å². The van der Waals surface area contributed by atoms with Gasteiger partial charge in [-0.25, -0.2) is 4.98 Å². The van der Waals surface area contributed by atoms with E-state index >= 15 is 0 Å². The number of anilines is 1. The molecule has 0 saturated carbocycles. The van der Waals surface area contributed by atoms with E-state index < -0.39 is 0 Å². The largest absolute Gasteiger partial charge is 0.466 e. The first-order valence-corrected chi connectivity index (χ1v) is 5.56. The summed E-state index contributed by atoms with van der Waals surface area (Å²) in [5.41, 5.74) is 0.554. The molecule has 6 heteroatoms. The van der Waals surface area contributed by atoms with Crippen molar-refractivity contribution in [2.75, 3.05) is 11.9 Å². The summed E-state index contributed by atoms with van der Waals surface area (Å²) < 4.78 is 4.71. The minimum Gasteiger partial charge on any atom is -0.466 e. The van der Waals surface area contributed by atoms with Gasteiger partial charge in [-0.05, 0) is 19.1 Å². The summed E-state index contributed by atoms with van der Waals surface area (Å²) in [4.78, 5) is 26.3. The average Bonchev–Trinajstić information content (AvgIpc) is 2.27. The Morgan fingerprint density at radius 3 is 2.88 bits per heavy atom. The number of rotatable bonds is 5. The molecule has 0 fully saturated rings. The highest BCUT2D eigenvalue weighted by molar-refractivity contribution is 6.29. The highest BCUT2D eigenvalue weighted by atomic mass is 35.5. The molecule has 0 aliphatic rings. The number of nitrogens with one attached hydrogen (secondary N) is 1. The van der Waals surface area contributed by atoms with Crippen LogP contribution in [-0.2, 0) is 14.3 Å². The molecule has 0 atom stereocenters. The van der Waals surface area contributed by atoms with Crippen molar-refractivity contribution in [3.8, 4) is 0 Å². The topological polar surface area (TPSA) is 68.3 Å². The molecule has 0 aliphatic carbocycles. The molecule has 1 amide bonds. The lowest BCUT2D eigenvalue weighted by atomic mass is 10.3. The van der Waals surface area contributed by atoms with Crippen LogP contribution < -0.4 is 5.32 Å². The number of esters is 1. The first-order chi connectivity index (χ1) is 8.11. The molecule has 1 aromatic heterocycles. The van der Waals surface area contributed by atoms with Gasteiger partial charge in [-0.1, -0.05) is 11.6 Å². The molecule has 0 unspecified atom stereocenters. The SMILES string of the molecule is CCOC(=O)CCC(=O)Nc1ccnc(Cl)c1. The summed E-state index contributed by atoms with van der Waals surface area (Å²) >= 11 is 5.66. The van der Waals surface area contributed by atoms with Crippen LogP contribution in [0, 0.1) is 0 Å². The Labute approximate surface area is 104 Å². The van der Waals surface area contributed by atoms with E-state index in [4.69, 9.17) is 16.3 Å². The second-order valence-electron chi connectivity index (χ2n) is 3.22. The summed E-state index contributed by atoms with van der Waals surface area (Å²) in [6.45, 7) is 2.04. The lowest BCUT2D eigenvalue weighted by Crippen LogP contribution is -2.14. The third-order valence-corrected chi connectivity index (χ3v) is 2.08. The molecule has 0 radical (unpaired) electrons. The number of ether oxygens (including phenoxy) is 1. The maximum absolute atomic E-state index is 11.5. The van der Waals surface area contributed by atoms with Crippen molar-refractivity contribution in [2.45, 2.75) is 19.8 Å². The van der Waals surface area contributed by atoms with E-state index in [0.717, 1.165) is 0 Å². The fourth-order valence-corrected chi connectivity index (χ4v) is 1.33. The van der Waals surface area contributed by atoms with Gasteiger partial charge in [0.05, 0.1) is 13.0 Å². The van der Waals surface area contributed by atoms with Crippen molar-refractivity contribution >= 4 is 29.2 Å². The van der Waals surface area contributed by atoms with Crippen molar-refractivity contribution in [1.82, 2.24) is 4.98 Å². The number of hydrogen-bond acceptors (Lipinski definition) is 4. The highest BCUT2D eigenvalue weighted by Gasteiger charge is 2.07. The molecule has 0 saturated heterocycles.